The van der Waals surface area contributed by atoms with Gasteiger partial charge in [-0.2, -0.15) is 0 Å². The molecule has 0 aliphatic carbocycles. The van der Waals surface area contributed by atoms with Gasteiger partial charge in [-0.05, 0) is 24.1 Å². The lowest BCUT2D eigenvalue weighted by Gasteiger charge is -2.13. The minimum atomic E-state index is -0.789. The standard InChI is InChI=1S/C13H17FN2O3/c1-2-11(8-17)16-13(19)12(18)15-7-9-3-5-10(14)6-4-9/h3-6,11,17H,2,7-8H2,1H3,(H,15,18)(H,16,19). The van der Waals surface area contributed by atoms with E-state index in [1.807, 2.05) is 0 Å². The molecule has 1 atom stereocenters. The van der Waals surface area contributed by atoms with Crippen LogP contribution in [0.3, 0.4) is 0 Å². The van der Waals surface area contributed by atoms with Crippen LogP contribution in [0.2, 0.25) is 0 Å². The van der Waals surface area contributed by atoms with E-state index in [4.69, 9.17) is 5.11 Å². The smallest absolute Gasteiger partial charge is 0.309 e. The van der Waals surface area contributed by atoms with Crippen molar-refractivity contribution in [3.8, 4) is 0 Å². The molecule has 3 N–H and O–H groups in total. The van der Waals surface area contributed by atoms with Crippen molar-refractivity contribution in [2.45, 2.75) is 25.9 Å². The molecule has 0 fully saturated rings. The molecule has 2 amide bonds. The van der Waals surface area contributed by atoms with Crippen molar-refractivity contribution in [3.63, 3.8) is 0 Å². The van der Waals surface area contributed by atoms with Crippen molar-refractivity contribution < 1.29 is 19.1 Å². The molecule has 0 saturated heterocycles. The normalized spacial score (nSPS) is 11.7. The second kappa shape index (κ2) is 7.48. The van der Waals surface area contributed by atoms with Crippen LogP contribution in [0.5, 0.6) is 0 Å². The van der Waals surface area contributed by atoms with Crippen molar-refractivity contribution in [2.75, 3.05) is 6.61 Å². The van der Waals surface area contributed by atoms with E-state index in [0.29, 0.717) is 12.0 Å². The quantitative estimate of drug-likeness (QED) is 0.673. The molecule has 1 unspecified atom stereocenters. The molecule has 0 radical (unpaired) electrons. The third kappa shape index (κ3) is 5.05. The number of hydrogen-bond donors (Lipinski definition) is 3. The van der Waals surface area contributed by atoms with Gasteiger partial charge >= 0.3 is 11.8 Å². The monoisotopic (exact) mass is 268 g/mol. The van der Waals surface area contributed by atoms with Gasteiger partial charge in [0.15, 0.2) is 0 Å². The molecule has 5 nitrogen and oxygen atoms in total. The topological polar surface area (TPSA) is 78.4 Å². The van der Waals surface area contributed by atoms with Crippen LogP contribution < -0.4 is 10.6 Å². The molecule has 0 bridgehead atoms. The zero-order valence-corrected chi connectivity index (χ0v) is 10.6. The van der Waals surface area contributed by atoms with E-state index in [0.717, 1.165) is 0 Å². The van der Waals surface area contributed by atoms with Crippen molar-refractivity contribution in [1.82, 2.24) is 10.6 Å². The molecule has 0 saturated carbocycles. The number of aliphatic hydroxyl groups excluding tert-OH is 1. The first-order chi connectivity index (χ1) is 9.06. The fourth-order valence-corrected chi connectivity index (χ4v) is 1.39. The lowest BCUT2D eigenvalue weighted by Crippen LogP contribution is -2.45. The minimum Gasteiger partial charge on any atom is -0.394 e. The maximum atomic E-state index is 12.7. The number of nitrogens with one attached hydrogen (secondary N) is 2. The Labute approximate surface area is 110 Å². The number of benzene rings is 1. The van der Waals surface area contributed by atoms with E-state index in [1.54, 1.807) is 6.92 Å². The molecule has 1 rings (SSSR count). The molecule has 1 aromatic rings. The van der Waals surface area contributed by atoms with Crippen molar-refractivity contribution in [3.05, 3.63) is 35.6 Å². The van der Waals surface area contributed by atoms with Crippen LogP contribution in [0, 0.1) is 5.82 Å². The van der Waals surface area contributed by atoms with Crippen LogP contribution in [-0.4, -0.2) is 29.6 Å². The molecule has 19 heavy (non-hydrogen) atoms. The van der Waals surface area contributed by atoms with E-state index in [2.05, 4.69) is 10.6 Å². The van der Waals surface area contributed by atoms with E-state index in [1.165, 1.54) is 24.3 Å². The fraction of sp³-hybridized carbons (Fsp3) is 0.385. The number of aliphatic hydroxyl groups is 1. The lowest BCUT2D eigenvalue weighted by atomic mass is 10.2. The zero-order valence-electron chi connectivity index (χ0n) is 10.6. The summed E-state index contributed by atoms with van der Waals surface area (Å²) in [5.41, 5.74) is 0.691. The third-order valence-corrected chi connectivity index (χ3v) is 2.62. The molecular formula is C13H17FN2O3. The molecule has 6 heteroatoms. The number of halogens is 1. The Morgan fingerprint density at radius 1 is 1.26 bits per heavy atom. The first-order valence-electron chi connectivity index (χ1n) is 6.00. The lowest BCUT2D eigenvalue weighted by molar-refractivity contribution is -0.139. The fourth-order valence-electron chi connectivity index (χ4n) is 1.39. The summed E-state index contributed by atoms with van der Waals surface area (Å²) >= 11 is 0. The highest BCUT2D eigenvalue weighted by Crippen LogP contribution is 2.01. The Morgan fingerprint density at radius 2 is 1.89 bits per heavy atom. The van der Waals surface area contributed by atoms with Gasteiger partial charge in [0.1, 0.15) is 5.82 Å². The number of amides is 2. The van der Waals surface area contributed by atoms with Crippen molar-refractivity contribution >= 4 is 11.8 Å². The van der Waals surface area contributed by atoms with Crippen LogP contribution in [0.1, 0.15) is 18.9 Å². The van der Waals surface area contributed by atoms with Gasteiger partial charge in [0.25, 0.3) is 0 Å². The van der Waals surface area contributed by atoms with Gasteiger partial charge in [-0.3, -0.25) is 9.59 Å². The second-order valence-electron chi connectivity index (χ2n) is 4.07. The molecule has 0 aliphatic heterocycles. The SMILES string of the molecule is CCC(CO)NC(=O)C(=O)NCc1ccc(F)cc1. The minimum absolute atomic E-state index is 0.141. The van der Waals surface area contributed by atoms with Gasteiger partial charge in [-0.15, -0.1) is 0 Å². The Hall–Kier alpha value is -1.95. The zero-order chi connectivity index (χ0) is 14.3. The van der Waals surface area contributed by atoms with Crippen LogP contribution in [0.4, 0.5) is 4.39 Å². The van der Waals surface area contributed by atoms with E-state index < -0.39 is 17.9 Å². The maximum absolute atomic E-state index is 12.7. The largest absolute Gasteiger partial charge is 0.394 e. The van der Waals surface area contributed by atoms with Gasteiger partial charge < -0.3 is 15.7 Å². The van der Waals surface area contributed by atoms with Crippen molar-refractivity contribution in [1.29, 1.82) is 0 Å². The van der Waals surface area contributed by atoms with Crippen LogP contribution in [-0.2, 0) is 16.1 Å². The summed E-state index contributed by atoms with van der Waals surface area (Å²) in [6.07, 6.45) is 0.535. The third-order valence-electron chi connectivity index (χ3n) is 2.62. The van der Waals surface area contributed by atoms with Gasteiger partial charge in [-0.1, -0.05) is 19.1 Å². The summed E-state index contributed by atoms with van der Waals surface area (Å²) in [6, 6.07) is 5.18. The van der Waals surface area contributed by atoms with E-state index in [9.17, 15) is 14.0 Å². The number of carbonyl (C=O) groups is 2. The number of carbonyl (C=O) groups excluding carboxylic acids is 2. The van der Waals surface area contributed by atoms with Gasteiger partial charge in [-0.25, -0.2) is 4.39 Å². The predicted octanol–water partition coefficient (Wildman–Crippen LogP) is 0.329. The Morgan fingerprint density at radius 3 is 2.42 bits per heavy atom. The Kier molecular flexibility index (Phi) is 5.95. The summed E-state index contributed by atoms with van der Waals surface area (Å²) in [5, 5.41) is 13.7. The molecule has 1 aromatic carbocycles. The molecule has 0 aromatic heterocycles. The first-order valence-corrected chi connectivity index (χ1v) is 6.00. The Balaban J connectivity index is 2.42. The van der Waals surface area contributed by atoms with Gasteiger partial charge in [0.2, 0.25) is 0 Å². The summed E-state index contributed by atoms with van der Waals surface area (Å²) < 4.78 is 12.7. The molecule has 104 valence electrons. The number of rotatable bonds is 5. The van der Waals surface area contributed by atoms with Crippen LogP contribution >= 0.6 is 0 Å². The highest BCUT2D eigenvalue weighted by Gasteiger charge is 2.16. The maximum Gasteiger partial charge on any atom is 0.309 e. The average molecular weight is 268 g/mol. The van der Waals surface area contributed by atoms with Gasteiger partial charge in [0.05, 0.1) is 12.6 Å². The van der Waals surface area contributed by atoms with Crippen molar-refractivity contribution in [2.24, 2.45) is 0 Å². The average Bonchev–Trinajstić information content (AvgIpc) is 2.43. The first kappa shape index (κ1) is 15.1. The number of hydrogen-bond acceptors (Lipinski definition) is 3. The van der Waals surface area contributed by atoms with E-state index in [-0.39, 0.29) is 19.0 Å². The highest BCUT2D eigenvalue weighted by molar-refractivity contribution is 6.35. The molecular weight excluding hydrogens is 251 g/mol. The summed E-state index contributed by atoms with van der Waals surface area (Å²) in [7, 11) is 0. The van der Waals surface area contributed by atoms with E-state index >= 15 is 0 Å². The van der Waals surface area contributed by atoms with Crippen LogP contribution in [0.15, 0.2) is 24.3 Å². The molecule has 0 spiro atoms. The molecule has 0 heterocycles. The summed E-state index contributed by atoms with van der Waals surface area (Å²) in [6.45, 7) is 1.72. The molecule has 0 aliphatic rings. The summed E-state index contributed by atoms with van der Waals surface area (Å²) in [5.74, 6) is -1.93. The second-order valence-corrected chi connectivity index (χ2v) is 4.07. The Bertz CT molecular complexity index is 430. The summed E-state index contributed by atoms with van der Waals surface area (Å²) in [4.78, 5) is 22.9. The van der Waals surface area contributed by atoms with Crippen LogP contribution in [0.25, 0.3) is 0 Å². The van der Waals surface area contributed by atoms with Gasteiger partial charge in [0, 0.05) is 6.54 Å². The highest BCUT2D eigenvalue weighted by atomic mass is 19.1. The predicted molar refractivity (Wildman–Crippen MR) is 67.6 cm³/mol.